The number of halogens is 1. The number of nitrogens with zero attached hydrogens (tertiary/aromatic N) is 2. The minimum atomic E-state index is -0.167. The van der Waals surface area contributed by atoms with Gasteiger partial charge >= 0.3 is 0 Å². The second-order valence-corrected chi connectivity index (χ2v) is 5.63. The van der Waals surface area contributed by atoms with Crippen LogP contribution in [0.25, 0.3) is 0 Å². The van der Waals surface area contributed by atoms with E-state index in [1.165, 1.54) is 0 Å². The van der Waals surface area contributed by atoms with E-state index < -0.39 is 0 Å². The monoisotopic (exact) mass is 250 g/mol. The zero-order valence-corrected chi connectivity index (χ0v) is 11.7. The first-order valence-corrected chi connectivity index (χ1v) is 6.77. The molecule has 0 N–H and O–H groups in total. The van der Waals surface area contributed by atoms with Gasteiger partial charge in [0.1, 0.15) is 5.82 Å². The van der Waals surface area contributed by atoms with Crippen molar-refractivity contribution in [2.24, 2.45) is 0 Å². The zero-order chi connectivity index (χ0) is 13.3. The van der Waals surface area contributed by atoms with Crippen molar-refractivity contribution < 1.29 is 4.39 Å². The Bertz CT molecular complexity index is 376. The summed E-state index contributed by atoms with van der Waals surface area (Å²) >= 11 is 0. The van der Waals surface area contributed by atoms with Gasteiger partial charge in [0.2, 0.25) is 0 Å². The fraction of sp³-hybridized carbons (Fsp3) is 0.600. The number of anilines is 1. The van der Waals surface area contributed by atoms with Crippen LogP contribution >= 0.6 is 0 Å². The predicted octanol–water partition coefficient (Wildman–Crippen LogP) is 3.13. The number of piperazine rings is 1. The Morgan fingerprint density at radius 1 is 1.06 bits per heavy atom. The molecular weight excluding hydrogens is 227 g/mol. The molecule has 3 heteroatoms. The lowest BCUT2D eigenvalue weighted by Gasteiger charge is -2.47. The van der Waals surface area contributed by atoms with Crippen molar-refractivity contribution in [3.63, 3.8) is 0 Å². The van der Waals surface area contributed by atoms with Gasteiger partial charge in [0.15, 0.2) is 0 Å². The molecular formula is C15H23FN2. The highest BCUT2D eigenvalue weighted by Gasteiger charge is 2.30. The van der Waals surface area contributed by atoms with E-state index in [4.69, 9.17) is 0 Å². The minimum absolute atomic E-state index is 0.167. The van der Waals surface area contributed by atoms with Gasteiger partial charge in [0.25, 0.3) is 0 Å². The largest absolute Gasteiger partial charge is 0.364 e. The van der Waals surface area contributed by atoms with Crippen molar-refractivity contribution in [2.75, 3.05) is 18.0 Å². The molecule has 1 saturated heterocycles. The predicted molar refractivity (Wildman–Crippen MR) is 74.5 cm³/mol. The van der Waals surface area contributed by atoms with Crippen LogP contribution in [0.2, 0.25) is 0 Å². The third-order valence-electron chi connectivity index (χ3n) is 3.80. The van der Waals surface area contributed by atoms with E-state index in [1.807, 2.05) is 12.1 Å². The molecule has 2 atom stereocenters. The summed E-state index contributed by atoms with van der Waals surface area (Å²) in [5.41, 5.74) is 1.12. The summed E-state index contributed by atoms with van der Waals surface area (Å²) < 4.78 is 13.0. The highest BCUT2D eigenvalue weighted by atomic mass is 19.1. The van der Waals surface area contributed by atoms with Gasteiger partial charge < -0.3 is 4.90 Å². The number of hydrogen-bond acceptors (Lipinski definition) is 2. The lowest BCUT2D eigenvalue weighted by atomic mass is 10.0. The first-order chi connectivity index (χ1) is 8.49. The molecule has 1 aromatic rings. The molecule has 1 aliphatic rings. The van der Waals surface area contributed by atoms with Crippen LogP contribution in [0.4, 0.5) is 10.1 Å². The van der Waals surface area contributed by atoms with Gasteiger partial charge in [-0.1, -0.05) is 0 Å². The Morgan fingerprint density at radius 3 is 2.00 bits per heavy atom. The number of hydrogen-bond donors (Lipinski definition) is 0. The second-order valence-electron chi connectivity index (χ2n) is 5.63. The van der Waals surface area contributed by atoms with Gasteiger partial charge in [-0.05, 0) is 52.0 Å². The van der Waals surface area contributed by atoms with E-state index in [0.717, 1.165) is 18.8 Å². The minimum Gasteiger partial charge on any atom is -0.364 e. The SMILES string of the molecule is CC(C)N1C[C@@H](C)N(c2ccc(F)cc2)[C@@H](C)C1. The van der Waals surface area contributed by atoms with Crippen molar-refractivity contribution in [1.29, 1.82) is 0 Å². The molecule has 100 valence electrons. The van der Waals surface area contributed by atoms with E-state index in [9.17, 15) is 4.39 Å². The van der Waals surface area contributed by atoms with Crippen LogP contribution in [-0.2, 0) is 0 Å². The fourth-order valence-electron chi connectivity index (χ4n) is 2.91. The first-order valence-electron chi connectivity index (χ1n) is 6.77. The van der Waals surface area contributed by atoms with Crippen molar-refractivity contribution in [3.05, 3.63) is 30.1 Å². The van der Waals surface area contributed by atoms with E-state index in [2.05, 4.69) is 37.5 Å². The molecule has 0 radical (unpaired) electrons. The Balaban J connectivity index is 2.17. The molecule has 0 spiro atoms. The van der Waals surface area contributed by atoms with Crippen LogP contribution < -0.4 is 4.90 Å². The first kappa shape index (κ1) is 13.3. The smallest absolute Gasteiger partial charge is 0.123 e. The fourth-order valence-corrected chi connectivity index (χ4v) is 2.91. The highest BCUT2D eigenvalue weighted by molar-refractivity contribution is 5.49. The normalized spacial score (nSPS) is 25.8. The molecule has 18 heavy (non-hydrogen) atoms. The third kappa shape index (κ3) is 2.66. The van der Waals surface area contributed by atoms with Gasteiger partial charge in [0, 0.05) is 36.9 Å². The summed E-state index contributed by atoms with van der Waals surface area (Å²) in [5.74, 6) is -0.167. The maximum absolute atomic E-state index is 13.0. The van der Waals surface area contributed by atoms with Crippen molar-refractivity contribution >= 4 is 5.69 Å². The molecule has 0 saturated carbocycles. The van der Waals surface area contributed by atoms with Gasteiger partial charge in [-0.2, -0.15) is 0 Å². The van der Waals surface area contributed by atoms with Crippen LogP contribution in [-0.4, -0.2) is 36.1 Å². The van der Waals surface area contributed by atoms with Crippen molar-refractivity contribution in [2.45, 2.75) is 45.8 Å². The maximum atomic E-state index is 13.0. The van der Waals surface area contributed by atoms with E-state index in [-0.39, 0.29) is 5.82 Å². The van der Waals surface area contributed by atoms with E-state index in [1.54, 1.807) is 12.1 Å². The molecule has 2 nitrogen and oxygen atoms in total. The van der Waals surface area contributed by atoms with Crippen LogP contribution in [0.3, 0.4) is 0 Å². The molecule has 1 aliphatic heterocycles. The Morgan fingerprint density at radius 2 is 1.56 bits per heavy atom. The summed E-state index contributed by atoms with van der Waals surface area (Å²) in [6.45, 7) is 11.1. The molecule has 1 heterocycles. The molecule has 0 aromatic heterocycles. The highest BCUT2D eigenvalue weighted by Crippen LogP contribution is 2.25. The summed E-state index contributed by atoms with van der Waals surface area (Å²) in [6.07, 6.45) is 0. The van der Waals surface area contributed by atoms with Crippen LogP contribution in [0.1, 0.15) is 27.7 Å². The zero-order valence-electron chi connectivity index (χ0n) is 11.7. The maximum Gasteiger partial charge on any atom is 0.123 e. The quantitative estimate of drug-likeness (QED) is 0.795. The summed E-state index contributed by atoms with van der Waals surface area (Å²) in [5, 5.41) is 0. The standard InChI is InChI=1S/C15H23FN2/c1-11(2)17-9-12(3)18(13(4)10-17)15-7-5-14(16)6-8-15/h5-8,11-13H,9-10H2,1-4H3/t12-,13+. The van der Waals surface area contributed by atoms with Gasteiger partial charge in [-0.25, -0.2) is 4.39 Å². The average Bonchev–Trinajstić information content (AvgIpc) is 2.30. The average molecular weight is 250 g/mol. The lowest BCUT2D eigenvalue weighted by Crippen LogP contribution is -2.58. The van der Waals surface area contributed by atoms with Gasteiger partial charge in [-0.3, -0.25) is 4.90 Å². The summed E-state index contributed by atoms with van der Waals surface area (Å²) in [6, 6.07) is 8.36. The molecule has 0 amide bonds. The van der Waals surface area contributed by atoms with Crippen LogP contribution in [0.15, 0.2) is 24.3 Å². The Hall–Kier alpha value is -1.09. The van der Waals surface area contributed by atoms with E-state index in [0.29, 0.717) is 18.1 Å². The molecule has 1 aromatic carbocycles. The van der Waals surface area contributed by atoms with Crippen molar-refractivity contribution in [1.82, 2.24) is 4.90 Å². The van der Waals surface area contributed by atoms with Gasteiger partial charge in [-0.15, -0.1) is 0 Å². The molecule has 0 unspecified atom stereocenters. The Labute approximate surface area is 109 Å². The number of rotatable bonds is 2. The molecule has 0 bridgehead atoms. The van der Waals surface area contributed by atoms with Crippen LogP contribution in [0, 0.1) is 5.82 Å². The topological polar surface area (TPSA) is 6.48 Å². The van der Waals surface area contributed by atoms with Gasteiger partial charge in [0.05, 0.1) is 0 Å². The molecule has 1 fully saturated rings. The van der Waals surface area contributed by atoms with Crippen molar-refractivity contribution in [3.8, 4) is 0 Å². The summed E-state index contributed by atoms with van der Waals surface area (Å²) in [4.78, 5) is 4.91. The third-order valence-corrected chi connectivity index (χ3v) is 3.80. The summed E-state index contributed by atoms with van der Waals surface area (Å²) in [7, 11) is 0. The van der Waals surface area contributed by atoms with Crippen LogP contribution in [0.5, 0.6) is 0 Å². The Kier molecular flexibility index (Phi) is 3.91. The second kappa shape index (κ2) is 5.27. The number of benzene rings is 1. The lowest BCUT2D eigenvalue weighted by molar-refractivity contribution is 0.161. The molecule has 2 rings (SSSR count). The van der Waals surface area contributed by atoms with E-state index >= 15 is 0 Å². The molecule has 0 aliphatic carbocycles.